The normalized spacial score (nSPS) is 10.2. The fourth-order valence-corrected chi connectivity index (χ4v) is 0.953. The van der Waals surface area contributed by atoms with Crippen LogP contribution in [0.15, 0.2) is 12.4 Å². The lowest BCUT2D eigenvalue weighted by atomic mass is 10.2. The molecule has 0 aromatic carbocycles. The quantitative estimate of drug-likeness (QED) is 0.747. The first-order valence-electron chi connectivity index (χ1n) is 4.37. The maximum absolute atomic E-state index is 10.4. The largest absolute Gasteiger partial charge is 0.481 e. The van der Waals surface area contributed by atoms with Gasteiger partial charge in [-0.25, -0.2) is 9.97 Å². The highest BCUT2D eigenvalue weighted by molar-refractivity contribution is 5.69. The van der Waals surface area contributed by atoms with Crippen LogP contribution in [0.4, 0.5) is 5.95 Å². The van der Waals surface area contributed by atoms with Gasteiger partial charge in [0.2, 0.25) is 5.95 Å². The predicted octanol–water partition coefficient (Wildman–Crippen LogP) is 0.924. The summed E-state index contributed by atoms with van der Waals surface area (Å²) in [5.41, 5.74) is 0.604. The summed E-state index contributed by atoms with van der Waals surface area (Å²) in [4.78, 5) is 18.3. The molecule has 0 aliphatic rings. The maximum atomic E-state index is 10.4. The van der Waals surface area contributed by atoms with E-state index in [0.29, 0.717) is 11.5 Å². The van der Waals surface area contributed by atoms with Crippen LogP contribution in [0.3, 0.4) is 0 Å². The minimum atomic E-state index is -0.877. The number of aliphatic carboxylic acids is 1. The number of rotatable bonds is 4. The van der Waals surface area contributed by atoms with Crippen molar-refractivity contribution in [3.63, 3.8) is 0 Å². The summed E-state index contributed by atoms with van der Waals surface area (Å²) in [5.74, 6) is -0.354. The Balaban J connectivity index is 2.63. The highest BCUT2D eigenvalue weighted by atomic mass is 16.4. The van der Waals surface area contributed by atoms with Crippen LogP contribution in [-0.4, -0.2) is 27.1 Å². The van der Waals surface area contributed by atoms with Crippen LogP contribution in [0.1, 0.15) is 19.4 Å². The third-order valence-corrected chi connectivity index (χ3v) is 1.48. The second-order valence-corrected chi connectivity index (χ2v) is 3.28. The number of carboxylic acids is 1. The number of hydrogen-bond acceptors (Lipinski definition) is 4. The molecule has 0 amide bonds. The molecule has 1 rings (SSSR count). The highest BCUT2D eigenvalue weighted by Crippen LogP contribution is 2.02. The third-order valence-electron chi connectivity index (χ3n) is 1.48. The summed E-state index contributed by atoms with van der Waals surface area (Å²) in [5, 5.41) is 11.5. The Morgan fingerprint density at radius 3 is 2.50 bits per heavy atom. The molecule has 5 heteroatoms. The van der Waals surface area contributed by atoms with Crippen molar-refractivity contribution in [2.24, 2.45) is 0 Å². The van der Waals surface area contributed by atoms with Crippen molar-refractivity contribution in [2.45, 2.75) is 26.3 Å². The van der Waals surface area contributed by atoms with Gasteiger partial charge in [-0.3, -0.25) is 4.79 Å². The fraction of sp³-hybridized carbons (Fsp3) is 0.444. The number of carboxylic acid groups (broad SMARTS) is 1. The molecule has 76 valence electrons. The molecular formula is C9H13N3O2. The molecule has 0 unspecified atom stereocenters. The van der Waals surface area contributed by atoms with Gasteiger partial charge in [0.05, 0.1) is 6.42 Å². The van der Waals surface area contributed by atoms with Gasteiger partial charge in [0.25, 0.3) is 0 Å². The summed E-state index contributed by atoms with van der Waals surface area (Å²) in [6.45, 7) is 3.96. The molecule has 1 aromatic rings. The van der Waals surface area contributed by atoms with E-state index in [1.54, 1.807) is 0 Å². The molecule has 1 heterocycles. The van der Waals surface area contributed by atoms with Gasteiger partial charge in [-0.15, -0.1) is 0 Å². The van der Waals surface area contributed by atoms with Gasteiger partial charge in [-0.2, -0.15) is 0 Å². The molecule has 0 fully saturated rings. The second-order valence-electron chi connectivity index (χ2n) is 3.28. The molecule has 14 heavy (non-hydrogen) atoms. The van der Waals surface area contributed by atoms with E-state index in [0.717, 1.165) is 0 Å². The van der Waals surface area contributed by atoms with Gasteiger partial charge in [0, 0.05) is 24.0 Å². The van der Waals surface area contributed by atoms with E-state index in [2.05, 4.69) is 15.3 Å². The van der Waals surface area contributed by atoms with Crippen LogP contribution >= 0.6 is 0 Å². The summed E-state index contributed by atoms with van der Waals surface area (Å²) in [6.07, 6.45) is 3.00. The molecule has 2 N–H and O–H groups in total. The molecule has 0 aliphatic heterocycles. The zero-order valence-electron chi connectivity index (χ0n) is 8.19. The lowest BCUT2D eigenvalue weighted by molar-refractivity contribution is -0.136. The fourth-order valence-electron chi connectivity index (χ4n) is 0.953. The standard InChI is InChI=1S/C9H13N3O2/c1-6(2)12-9-10-4-7(5-11-9)3-8(13)14/h4-6H,3H2,1-2H3,(H,13,14)(H,10,11,12). The average Bonchev–Trinajstić information content (AvgIpc) is 2.06. The van der Waals surface area contributed by atoms with E-state index in [4.69, 9.17) is 5.11 Å². The van der Waals surface area contributed by atoms with E-state index < -0.39 is 5.97 Å². The Morgan fingerprint density at radius 2 is 2.07 bits per heavy atom. The molecule has 5 nitrogen and oxygen atoms in total. The highest BCUT2D eigenvalue weighted by Gasteiger charge is 2.02. The Bertz CT molecular complexity index is 308. The van der Waals surface area contributed by atoms with E-state index in [-0.39, 0.29) is 12.5 Å². The monoisotopic (exact) mass is 195 g/mol. The van der Waals surface area contributed by atoms with Crippen molar-refractivity contribution in [3.05, 3.63) is 18.0 Å². The lowest BCUT2D eigenvalue weighted by Gasteiger charge is -2.07. The number of anilines is 1. The van der Waals surface area contributed by atoms with Crippen LogP contribution < -0.4 is 5.32 Å². The minimum Gasteiger partial charge on any atom is -0.481 e. The zero-order valence-corrected chi connectivity index (χ0v) is 8.19. The van der Waals surface area contributed by atoms with Crippen molar-refractivity contribution in [1.29, 1.82) is 0 Å². The van der Waals surface area contributed by atoms with Gasteiger partial charge in [0.15, 0.2) is 0 Å². The first kappa shape index (κ1) is 10.4. The summed E-state index contributed by atoms with van der Waals surface area (Å²) in [6, 6.07) is 0.264. The third kappa shape index (κ3) is 3.38. The first-order chi connectivity index (χ1) is 6.58. The van der Waals surface area contributed by atoms with Crippen molar-refractivity contribution < 1.29 is 9.90 Å². The molecule has 0 bridgehead atoms. The average molecular weight is 195 g/mol. The van der Waals surface area contributed by atoms with Gasteiger partial charge >= 0.3 is 5.97 Å². The number of hydrogen-bond donors (Lipinski definition) is 2. The molecule has 0 saturated heterocycles. The van der Waals surface area contributed by atoms with Crippen molar-refractivity contribution in [1.82, 2.24) is 9.97 Å². The Labute approximate surface area is 82.2 Å². The summed E-state index contributed by atoms with van der Waals surface area (Å²) >= 11 is 0. The second kappa shape index (κ2) is 4.55. The maximum Gasteiger partial charge on any atom is 0.307 e. The minimum absolute atomic E-state index is 0.0397. The van der Waals surface area contributed by atoms with Gasteiger partial charge in [-0.05, 0) is 13.8 Å². The number of nitrogens with zero attached hydrogens (tertiary/aromatic N) is 2. The van der Waals surface area contributed by atoms with Crippen LogP contribution in [0.25, 0.3) is 0 Å². The smallest absolute Gasteiger partial charge is 0.307 e. The van der Waals surface area contributed by atoms with Crippen LogP contribution in [-0.2, 0) is 11.2 Å². The molecule has 0 aliphatic carbocycles. The molecule has 0 atom stereocenters. The number of aromatic nitrogens is 2. The van der Waals surface area contributed by atoms with E-state index in [1.807, 2.05) is 13.8 Å². The lowest BCUT2D eigenvalue weighted by Crippen LogP contribution is -2.12. The molecule has 0 radical (unpaired) electrons. The predicted molar refractivity (Wildman–Crippen MR) is 52.1 cm³/mol. The molecule has 1 aromatic heterocycles. The Kier molecular flexibility index (Phi) is 3.39. The van der Waals surface area contributed by atoms with Crippen LogP contribution in [0.5, 0.6) is 0 Å². The van der Waals surface area contributed by atoms with Crippen molar-refractivity contribution >= 4 is 11.9 Å². The molecular weight excluding hydrogens is 182 g/mol. The topological polar surface area (TPSA) is 75.1 Å². The van der Waals surface area contributed by atoms with Gasteiger partial charge in [0.1, 0.15) is 0 Å². The SMILES string of the molecule is CC(C)Nc1ncc(CC(=O)O)cn1. The van der Waals surface area contributed by atoms with E-state index in [9.17, 15) is 4.79 Å². The van der Waals surface area contributed by atoms with E-state index in [1.165, 1.54) is 12.4 Å². The summed E-state index contributed by atoms with van der Waals surface area (Å²) < 4.78 is 0. The summed E-state index contributed by atoms with van der Waals surface area (Å²) in [7, 11) is 0. The molecule has 0 spiro atoms. The Hall–Kier alpha value is -1.65. The van der Waals surface area contributed by atoms with Crippen molar-refractivity contribution in [2.75, 3.05) is 5.32 Å². The van der Waals surface area contributed by atoms with Gasteiger partial charge in [-0.1, -0.05) is 0 Å². The zero-order chi connectivity index (χ0) is 10.6. The van der Waals surface area contributed by atoms with Crippen LogP contribution in [0, 0.1) is 0 Å². The van der Waals surface area contributed by atoms with Gasteiger partial charge < -0.3 is 10.4 Å². The van der Waals surface area contributed by atoms with Crippen LogP contribution in [0.2, 0.25) is 0 Å². The number of carbonyl (C=O) groups is 1. The number of nitrogens with one attached hydrogen (secondary N) is 1. The van der Waals surface area contributed by atoms with E-state index >= 15 is 0 Å². The van der Waals surface area contributed by atoms with Crippen molar-refractivity contribution in [3.8, 4) is 0 Å². The Morgan fingerprint density at radius 1 is 1.50 bits per heavy atom. The molecule has 0 saturated carbocycles. The first-order valence-corrected chi connectivity index (χ1v) is 4.37.